The molecule has 0 aliphatic rings. The van der Waals surface area contributed by atoms with Crippen molar-refractivity contribution in [2.45, 2.75) is 12.6 Å². The van der Waals surface area contributed by atoms with Gasteiger partial charge in [0.1, 0.15) is 6.10 Å². The van der Waals surface area contributed by atoms with Crippen molar-refractivity contribution in [2.75, 3.05) is 0 Å². The lowest BCUT2D eigenvalue weighted by Gasteiger charge is -2.11. The number of para-hydroxylation sites is 1. The second-order valence-electron chi connectivity index (χ2n) is 4.64. The Morgan fingerprint density at radius 2 is 1.95 bits per heavy atom. The number of H-pyrrole nitrogens is 1. The fourth-order valence-electron chi connectivity index (χ4n) is 2.39. The molecule has 1 atom stereocenters. The molecule has 4 N–H and O–H groups in total. The summed E-state index contributed by atoms with van der Waals surface area (Å²) in [5.41, 5.74) is 9.46. The maximum Gasteiger partial charge on any atom is 0.106 e. The molecule has 3 nitrogen and oxygen atoms in total. The predicted octanol–water partition coefficient (Wildman–Crippen LogP) is 2.71. The summed E-state index contributed by atoms with van der Waals surface area (Å²) in [5.74, 6) is 0. The van der Waals surface area contributed by atoms with E-state index in [-0.39, 0.29) is 0 Å². The molecule has 0 saturated heterocycles. The summed E-state index contributed by atoms with van der Waals surface area (Å²) in [7, 11) is 0. The van der Waals surface area contributed by atoms with Gasteiger partial charge >= 0.3 is 0 Å². The van der Waals surface area contributed by atoms with Crippen LogP contribution in [-0.2, 0) is 6.54 Å². The third-order valence-corrected chi connectivity index (χ3v) is 3.42. The highest BCUT2D eigenvalue weighted by molar-refractivity contribution is 5.83. The first-order valence-electron chi connectivity index (χ1n) is 6.32. The minimum Gasteiger partial charge on any atom is -0.384 e. The van der Waals surface area contributed by atoms with Crippen LogP contribution in [0.25, 0.3) is 10.9 Å². The van der Waals surface area contributed by atoms with Crippen LogP contribution in [0.3, 0.4) is 0 Å². The van der Waals surface area contributed by atoms with E-state index in [1.165, 1.54) is 0 Å². The number of aliphatic hydroxyl groups excluding tert-OH is 1. The van der Waals surface area contributed by atoms with Crippen LogP contribution in [0, 0.1) is 0 Å². The van der Waals surface area contributed by atoms with E-state index in [2.05, 4.69) is 4.98 Å². The molecule has 1 heterocycles. The first-order chi connectivity index (χ1) is 9.29. The molecule has 3 aromatic rings. The van der Waals surface area contributed by atoms with Crippen LogP contribution in [0.4, 0.5) is 0 Å². The summed E-state index contributed by atoms with van der Waals surface area (Å²) in [6, 6.07) is 15.7. The fourth-order valence-corrected chi connectivity index (χ4v) is 2.39. The molecule has 0 radical (unpaired) electrons. The predicted molar refractivity (Wildman–Crippen MR) is 76.7 cm³/mol. The van der Waals surface area contributed by atoms with Gasteiger partial charge in [-0.3, -0.25) is 0 Å². The molecule has 0 fully saturated rings. The number of aliphatic hydroxyl groups is 1. The van der Waals surface area contributed by atoms with E-state index >= 15 is 0 Å². The van der Waals surface area contributed by atoms with Gasteiger partial charge < -0.3 is 15.8 Å². The number of fused-ring (bicyclic) bond motifs is 1. The van der Waals surface area contributed by atoms with E-state index in [0.717, 1.165) is 27.6 Å². The van der Waals surface area contributed by atoms with Crippen molar-refractivity contribution in [1.29, 1.82) is 0 Å². The van der Waals surface area contributed by atoms with E-state index in [0.29, 0.717) is 6.54 Å². The molecule has 1 aromatic heterocycles. The van der Waals surface area contributed by atoms with Crippen molar-refractivity contribution in [1.82, 2.24) is 4.98 Å². The van der Waals surface area contributed by atoms with Crippen LogP contribution >= 0.6 is 0 Å². The standard InChI is InChI=1S/C16H16N2O/c17-9-11-4-3-5-12(8-11)16(19)14-10-18-15-7-2-1-6-13(14)15/h1-8,10,16,18-19H,9,17H2. The molecule has 0 bridgehead atoms. The van der Waals surface area contributed by atoms with Crippen molar-refractivity contribution in [2.24, 2.45) is 5.73 Å². The van der Waals surface area contributed by atoms with Gasteiger partial charge in [0.25, 0.3) is 0 Å². The topological polar surface area (TPSA) is 62.0 Å². The van der Waals surface area contributed by atoms with Gasteiger partial charge in [-0.05, 0) is 17.2 Å². The maximum absolute atomic E-state index is 10.5. The highest BCUT2D eigenvalue weighted by atomic mass is 16.3. The number of aromatic nitrogens is 1. The van der Waals surface area contributed by atoms with Crippen molar-refractivity contribution in [3.8, 4) is 0 Å². The Morgan fingerprint density at radius 3 is 2.79 bits per heavy atom. The van der Waals surface area contributed by atoms with E-state index in [1.807, 2.05) is 54.7 Å². The molecule has 19 heavy (non-hydrogen) atoms. The highest BCUT2D eigenvalue weighted by Crippen LogP contribution is 2.29. The maximum atomic E-state index is 10.5. The molecule has 3 heteroatoms. The number of hydrogen-bond donors (Lipinski definition) is 3. The number of rotatable bonds is 3. The summed E-state index contributed by atoms with van der Waals surface area (Å²) in [6.45, 7) is 0.481. The van der Waals surface area contributed by atoms with Crippen LogP contribution in [0.5, 0.6) is 0 Å². The molecule has 3 rings (SSSR count). The third kappa shape index (κ3) is 2.14. The average molecular weight is 252 g/mol. The minimum atomic E-state index is -0.636. The summed E-state index contributed by atoms with van der Waals surface area (Å²) in [6.07, 6.45) is 1.23. The smallest absolute Gasteiger partial charge is 0.106 e. The first-order valence-corrected chi connectivity index (χ1v) is 6.32. The van der Waals surface area contributed by atoms with Crippen LogP contribution in [-0.4, -0.2) is 10.1 Å². The van der Waals surface area contributed by atoms with E-state index in [1.54, 1.807) is 0 Å². The molecular formula is C16H16N2O. The minimum absolute atomic E-state index is 0.481. The van der Waals surface area contributed by atoms with Crippen LogP contribution in [0.15, 0.2) is 54.7 Å². The van der Waals surface area contributed by atoms with Gasteiger partial charge in [-0.2, -0.15) is 0 Å². The summed E-state index contributed by atoms with van der Waals surface area (Å²) in [4.78, 5) is 3.18. The number of nitrogens with one attached hydrogen (secondary N) is 1. The SMILES string of the molecule is NCc1cccc(C(O)c2c[nH]c3ccccc23)c1. The van der Waals surface area contributed by atoms with Gasteiger partial charge in [-0.25, -0.2) is 0 Å². The van der Waals surface area contributed by atoms with Crippen molar-refractivity contribution >= 4 is 10.9 Å². The van der Waals surface area contributed by atoms with E-state index < -0.39 is 6.10 Å². The first kappa shape index (κ1) is 12.0. The molecule has 0 aliphatic carbocycles. The number of aromatic amines is 1. The largest absolute Gasteiger partial charge is 0.384 e. The van der Waals surface area contributed by atoms with Crippen molar-refractivity contribution < 1.29 is 5.11 Å². The lowest BCUT2D eigenvalue weighted by atomic mass is 9.99. The van der Waals surface area contributed by atoms with Crippen LogP contribution in [0.2, 0.25) is 0 Å². The molecule has 96 valence electrons. The Labute approximate surface area is 111 Å². The molecule has 2 aromatic carbocycles. The second-order valence-corrected chi connectivity index (χ2v) is 4.64. The number of benzene rings is 2. The summed E-state index contributed by atoms with van der Waals surface area (Å²) < 4.78 is 0. The lowest BCUT2D eigenvalue weighted by molar-refractivity contribution is 0.222. The Bertz CT molecular complexity index is 703. The van der Waals surface area contributed by atoms with Crippen molar-refractivity contribution in [3.05, 3.63) is 71.4 Å². The molecule has 0 aliphatic heterocycles. The van der Waals surface area contributed by atoms with Crippen LogP contribution < -0.4 is 5.73 Å². The van der Waals surface area contributed by atoms with Gasteiger partial charge in [0.2, 0.25) is 0 Å². The van der Waals surface area contributed by atoms with Gasteiger partial charge in [-0.15, -0.1) is 0 Å². The summed E-state index contributed by atoms with van der Waals surface area (Å²) >= 11 is 0. The highest BCUT2D eigenvalue weighted by Gasteiger charge is 2.14. The zero-order chi connectivity index (χ0) is 13.2. The zero-order valence-electron chi connectivity index (χ0n) is 10.5. The zero-order valence-corrected chi connectivity index (χ0v) is 10.5. The lowest BCUT2D eigenvalue weighted by Crippen LogP contribution is -2.02. The van der Waals surface area contributed by atoms with Gasteiger partial charge in [0.05, 0.1) is 0 Å². The number of nitrogens with two attached hydrogens (primary N) is 1. The Hall–Kier alpha value is -2.10. The Kier molecular flexibility index (Phi) is 3.07. The Balaban J connectivity index is 2.05. The Morgan fingerprint density at radius 1 is 1.11 bits per heavy atom. The second kappa shape index (κ2) is 4.88. The average Bonchev–Trinajstić information content (AvgIpc) is 2.90. The van der Waals surface area contributed by atoms with E-state index in [9.17, 15) is 5.11 Å². The molecular weight excluding hydrogens is 236 g/mol. The third-order valence-electron chi connectivity index (χ3n) is 3.42. The molecule has 0 spiro atoms. The number of hydrogen-bond acceptors (Lipinski definition) is 2. The van der Waals surface area contributed by atoms with Gasteiger partial charge in [0, 0.05) is 29.2 Å². The molecule has 0 saturated carbocycles. The monoisotopic (exact) mass is 252 g/mol. The molecule has 0 amide bonds. The fraction of sp³-hybridized carbons (Fsp3) is 0.125. The van der Waals surface area contributed by atoms with Crippen molar-refractivity contribution in [3.63, 3.8) is 0 Å². The quantitative estimate of drug-likeness (QED) is 0.671. The van der Waals surface area contributed by atoms with Crippen LogP contribution in [0.1, 0.15) is 22.8 Å². The molecule has 1 unspecified atom stereocenters. The van der Waals surface area contributed by atoms with Gasteiger partial charge in [-0.1, -0.05) is 42.5 Å². The van der Waals surface area contributed by atoms with E-state index in [4.69, 9.17) is 5.73 Å². The normalized spacial score (nSPS) is 12.7. The van der Waals surface area contributed by atoms with Gasteiger partial charge in [0.15, 0.2) is 0 Å². The summed E-state index contributed by atoms with van der Waals surface area (Å²) in [5, 5.41) is 11.6.